The normalized spacial score (nSPS) is 23.5. The molecule has 0 bridgehead atoms. The molecule has 1 aliphatic rings. The third-order valence-corrected chi connectivity index (χ3v) is 1.68. The molecule has 1 fully saturated rings. The fraction of sp³-hybridized carbons (Fsp3) is 0.857. The molecule has 0 aliphatic carbocycles. The predicted octanol–water partition coefficient (Wildman–Crippen LogP) is -0.726. The van der Waals surface area contributed by atoms with Gasteiger partial charge >= 0.3 is 5.97 Å². The lowest BCUT2D eigenvalue weighted by Crippen LogP contribution is -2.32. The van der Waals surface area contributed by atoms with E-state index >= 15 is 0 Å². The monoisotopic (exact) mass is 159 g/mol. The lowest BCUT2D eigenvalue weighted by Gasteiger charge is -2.08. The Hall–Kier alpha value is -0.610. The largest absolute Gasteiger partial charge is 0.462 e. The van der Waals surface area contributed by atoms with E-state index in [0.717, 1.165) is 19.4 Å². The van der Waals surface area contributed by atoms with Gasteiger partial charge in [-0.25, -0.2) is 0 Å². The minimum absolute atomic E-state index is 0.0987. The molecule has 0 spiro atoms. The van der Waals surface area contributed by atoms with Crippen molar-refractivity contribution in [3.05, 3.63) is 0 Å². The van der Waals surface area contributed by atoms with Gasteiger partial charge in [0.25, 0.3) is 0 Å². The Bertz CT molecular complexity index is 132. The number of rotatable bonds is 3. The molecule has 1 heterocycles. The number of aliphatic hydroxyl groups is 1. The van der Waals surface area contributed by atoms with Crippen molar-refractivity contribution < 1.29 is 14.6 Å². The average molecular weight is 159 g/mol. The Labute approximate surface area is 65.5 Å². The van der Waals surface area contributed by atoms with E-state index in [9.17, 15) is 4.79 Å². The molecule has 1 atom stereocenters. The minimum atomic E-state index is -0.239. The summed E-state index contributed by atoms with van der Waals surface area (Å²) in [5.74, 6) is -0.239. The molecule has 11 heavy (non-hydrogen) atoms. The van der Waals surface area contributed by atoms with E-state index < -0.39 is 0 Å². The van der Waals surface area contributed by atoms with Crippen LogP contribution in [0.15, 0.2) is 0 Å². The smallest absolute Gasteiger partial charge is 0.323 e. The minimum Gasteiger partial charge on any atom is -0.462 e. The Kier molecular flexibility index (Phi) is 3.32. The number of hydrogen-bond acceptors (Lipinski definition) is 4. The van der Waals surface area contributed by atoms with Crippen molar-refractivity contribution in [2.24, 2.45) is 0 Å². The van der Waals surface area contributed by atoms with Gasteiger partial charge in [-0.15, -0.1) is 0 Å². The summed E-state index contributed by atoms with van der Waals surface area (Å²) in [6.45, 7) is 0.897. The van der Waals surface area contributed by atoms with Crippen LogP contribution in [0.4, 0.5) is 0 Å². The molecule has 0 aromatic heterocycles. The lowest BCUT2D eigenvalue weighted by molar-refractivity contribution is -0.146. The van der Waals surface area contributed by atoms with Crippen LogP contribution < -0.4 is 5.32 Å². The van der Waals surface area contributed by atoms with Crippen molar-refractivity contribution in [1.29, 1.82) is 0 Å². The van der Waals surface area contributed by atoms with Gasteiger partial charge in [0.05, 0.1) is 6.61 Å². The van der Waals surface area contributed by atoms with Gasteiger partial charge in [0.1, 0.15) is 12.6 Å². The van der Waals surface area contributed by atoms with Gasteiger partial charge < -0.3 is 15.2 Å². The highest BCUT2D eigenvalue weighted by Gasteiger charge is 2.22. The maximum atomic E-state index is 11.0. The topological polar surface area (TPSA) is 58.6 Å². The third-order valence-electron chi connectivity index (χ3n) is 1.68. The van der Waals surface area contributed by atoms with Gasteiger partial charge in [0.2, 0.25) is 0 Å². The molecule has 1 saturated heterocycles. The van der Waals surface area contributed by atoms with Gasteiger partial charge in [-0.3, -0.25) is 4.79 Å². The van der Waals surface area contributed by atoms with E-state index in [1.54, 1.807) is 0 Å². The van der Waals surface area contributed by atoms with Crippen LogP contribution >= 0.6 is 0 Å². The number of carbonyl (C=O) groups is 1. The molecule has 0 amide bonds. The average Bonchev–Trinajstić information content (AvgIpc) is 2.52. The molecule has 0 radical (unpaired) electrons. The van der Waals surface area contributed by atoms with Crippen molar-refractivity contribution in [2.75, 3.05) is 19.8 Å². The highest BCUT2D eigenvalue weighted by atomic mass is 16.5. The first-order valence-electron chi connectivity index (χ1n) is 3.85. The zero-order chi connectivity index (χ0) is 8.10. The molecule has 0 saturated carbocycles. The predicted molar refractivity (Wildman–Crippen MR) is 39.1 cm³/mol. The maximum absolute atomic E-state index is 11.0. The Morgan fingerprint density at radius 3 is 3.09 bits per heavy atom. The second-order valence-electron chi connectivity index (χ2n) is 2.54. The van der Waals surface area contributed by atoms with Crippen molar-refractivity contribution >= 4 is 5.97 Å². The van der Waals surface area contributed by atoms with Crippen LogP contribution in [0.25, 0.3) is 0 Å². The molecule has 1 rings (SSSR count). The molecule has 2 N–H and O–H groups in total. The summed E-state index contributed by atoms with van der Waals surface area (Å²) in [5, 5.41) is 11.4. The van der Waals surface area contributed by atoms with Crippen molar-refractivity contribution in [3.63, 3.8) is 0 Å². The number of carbonyl (C=O) groups excluding carboxylic acids is 1. The molecule has 4 heteroatoms. The third kappa shape index (κ3) is 2.48. The summed E-state index contributed by atoms with van der Waals surface area (Å²) in [4.78, 5) is 11.0. The molecule has 1 aliphatic heterocycles. The standard InChI is InChI=1S/C7H13NO3/c9-4-5-11-7(10)6-2-1-3-8-6/h6,8-9H,1-5H2/t6-/m1/s1. The Morgan fingerprint density at radius 2 is 2.55 bits per heavy atom. The number of hydrogen-bond donors (Lipinski definition) is 2. The fourth-order valence-corrected chi connectivity index (χ4v) is 1.13. The quantitative estimate of drug-likeness (QED) is 0.533. The molecule has 4 nitrogen and oxygen atoms in total. The first-order chi connectivity index (χ1) is 5.34. The van der Waals surface area contributed by atoms with Gasteiger partial charge in [0.15, 0.2) is 0 Å². The zero-order valence-corrected chi connectivity index (χ0v) is 6.38. The van der Waals surface area contributed by atoms with Crippen LogP contribution in [0.2, 0.25) is 0 Å². The van der Waals surface area contributed by atoms with Crippen LogP contribution in [0.3, 0.4) is 0 Å². The van der Waals surface area contributed by atoms with Crippen molar-refractivity contribution in [2.45, 2.75) is 18.9 Å². The Balaban J connectivity index is 2.17. The van der Waals surface area contributed by atoms with Gasteiger partial charge in [-0.05, 0) is 19.4 Å². The summed E-state index contributed by atoms with van der Waals surface area (Å²) in [6, 6.07) is -0.137. The lowest BCUT2D eigenvalue weighted by atomic mass is 10.2. The number of esters is 1. The summed E-state index contributed by atoms with van der Waals surface area (Å²) in [7, 11) is 0. The van der Waals surface area contributed by atoms with Crippen LogP contribution in [0, 0.1) is 0 Å². The summed E-state index contributed by atoms with van der Waals surface area (Å²) < 4.78 is 4.72. The first kappa shape index (κ1) is 8.49. The summed E-state index contributed by atoms with van der Waals surface area (Å²) in [5.41, 5.74) is 0. The summed E-state index contributed by atoms with van der Waals surface area (Å²) in [6.07, 6.45) is 1.88. The molecular formula is C7H13NO3. The van der Waals surface area contributed by atoms with E-state index in [2.05, 4.69) is 5.32 Å². The van der Waals surface area contributed by atoms with Crippen LogP contribution in [-0.2, 0) is 9.53 Å². The van der Waals surface area contributed by atoms with E-state index in [-0.39, 0.29) is 25.2 Å². The summed E-state index contributed by atoms with van der Waals surface area (Å²) >= 11 is 0. The maximum Gasteiger partial charge on any atom is 0.323 e. The van der Waals surface area contributed by atoms with Gasteiger partial charge in [-0.2, -0.15) is 0 Å². The van der Waals surface area contributed by atoms with Crippen LogP contribution in [-0.4, -0.2) is 36.9 Å². The molecule has 0 aromatic carbocycles. The highest BCUT2D eigenvalue weighted by molar-refractivity contribution is 5.76. The number of ether oxygens (including phenoxy) is 1. The van der Waals surface area contributed by atoms with Gasteiger partial charge in [0, 0.05) is 0 Å². The molecule has 0 unspecified atom stereocenters. The van der Waals surface area contributed by atoms with Crippen molar-refractivity contribution in [3.8, 4) is 0 Å². The first-order valence-corrected chi connectivity index (χ1v) is 3.85. The van der Waals surface area contributed by atoms with Gasteiger partial charge in [-0.1, -0.05) is 0 Å². The SMILES string of the molecule is O=C(OCCO)[C@H]1CCCN1. The molecular weight excluding hydrogens is 146 g/mol. The van der Waals surface area contributed by atoms with E-state index in [0.29, 0.717) is 0 Å². The van der Waals surface area contributed by atoms with Crippen LogP contribution in [0.1, 0.15) is 12.8 Å². The van der Waals surface area contributed by atoms with Crippen LogP contribution in [0.5, 0.6) is 0 Å². The van der Waals surface area contributed by atoms with E-state index in [1.807, 2.05) is 0 Å². The van der Waals surface area contributed by atoms with E-state index in [4.69, 9.17) is 9.84 Å². The second kappa shape index (κ2) is 4.31. The molecule has 64 valence electrons. The second-order valence-corrected chi connectivity index (χ2v) is 2.54. The van der Waals surface area contributed by atoms with E-state index in [1.165, 1.54) is 0 Å². The fourth-order valence-electron chi connectivity index (χ4n) is 1.13. The number of nitrogens with one attached hydrogen (secondary N) is 1. The van der Waals surface area contributed by atoms with Crippen molar-refractivity contribution in [1.82, 2.24) is 5.32 Å². The zero-order valence-electron chi connectivity index (χ0n) is 6.38. The molecule has 0 aromatic rings. The Morgan fingerprint density at radius 1 is 1.73 bits per heavy atom. The number of aliphatic hydroxyl groups excluding tert-OH is 1. The highest BCUT2D eigenvalue weighted by Crippen LogP contribution is 2.05.